The highest BCUT2D eigenvalue weighted by molar-refractivity contribution is 6.36. The van der Waals surface area contributed by atoms with E-state index in [1.165, 1.54) is 5.56 Å². The predicted octanol–water partition coefficient (Wildman–Crippen LogP) is 3.74. The van der Waals surface area contributed by atoms with E-state index >= 15 is 0 Å². The number of amides is 2. The number of aromatic nitrogens is 1. The highest BCUT2D eigenvalue weighted by Gasteiger charge is 2.21. The summed E-state index contributed by atoms with van der Waals surface area (Å²) in [5.41, 5.74) is 1.81. The fraction of sp³-hybridized carbons (Fsp3) is 0.294. The van der Waals surface area contributed by atoms with Crippen LogP contribution in [0.5, 0.6) is 0 Å². The third kappa shape index (κ3) is 4.38. The molecule has 0 aliphatic carbocycles. The van der Waals surface area contributed by atoms with Gasteiger partial charge >= 0.3 is 6.03 Å². The Kier molecular flexibility index (Phi) is 5.56. The maximum Gasteiger partial charge on any atom is 0.321 e. The van der Waals surface area contributed by atoms with Gasteiger partial charge in [0, 0.05) is 50.1 Å². The molecule has 2 heterocycles. The topological polar surface area (TPSA) is 48.5 Å². The van der Waals surface area contributed by atoms with Crippen molar-refractivity contribution in [3.63, 3.8) is 0 Å². The monoisotopic (exact) mass is 364 g/mol. The number of piperazine rings is 1. The van der Waals surface area contributed by atoms with E-state index < -0.39 is 0 Å². The van der Waals surface area contributed by atoms with Gasteiger partial charge in [-0.25, -0.2) is 4.79 Å². The van der Waals surface area contributed by atoms with Gasteiger partial charge in [0.2, 0.25) is 0 Å². The minimum atomic E-state index is -0.136. The number of carbonyl (C=O) groups is 1. The number of halogens is 2. The second kappa shape index (κ2) is 7.83. The van der Waals surface area contributed by atoms with Gasteiger partial charge in [0.15, 0.2) is 0 Å². The van der Waals surface area contributed by atoms with Crippen LogP contribution in [0.1, 0.15) is 5.56 Å². The largest absolute Gasteiger partial charge is 0.322 e. The van der Waals surface area contributed by atoms with Crippen LogP contribution >= 0.6 is 23.2 Å². The smallest absolute Gasteiger partial charge is 0.321 e. The Morgan fingerprint density at radius 3 is 2.46 bits per heavy atom. The number of hydrogen-bond donors (Lipinski definition) is 1. The zero-order chi connectivity index (χ0) is 16.9. The average molecular weight is 365 g/mol. The van der Waals surface area contributed by atoms with Crippen molar-refractivity contribution < 1.29 is 4.79 Å². The Labute approximate surface area is 151 Å². The second-order valence-electron chi connectivity index (χ2n) is 5.67. The Bertz CT molecular complexity index is 703. The van der Waals surface area contributed by atoms with E-state index in [1.54, 1.807) is 35.5 Å². The Morgan fingerprint density at radius 2 is 1.79 bits per heavy atom. The Hall–Kier alpha value is -1.82. The molecule has 1 aliphatic rings. The first-order valence-corrected chi connectivity index (χ1v) is 8.49. The van der Waals surface area contributed by atoms with Gasteiger partial charge in [-0.3, -0.25) is 9.88 Å². The SMILES string of the molecule is O=C(Nc1ccc(Cl)cc1Cl)N1CCN(Cc2ccncc2)CC1. The van der Waals surface area contributed by atoms with Crippen molar-refractivity contribution in [1.82, 2.24) is 14.8 Å². The van der Waals surface area contributed by atoms with Gasteiger partial charge in [0.1, 0.15) is 0 Å². The molecule has 126 valence electrons. The molecule has 1 fully saturated rings. The molecule has 1 saturated heterocycles. The standard InChI is InChI=1S/C17H18Cl2N4O/c18-14-1-2-16(15(19)11-14)21-17(24)23-9-7-22(8-10-23)12-13-3-5-20-6-4-13/h1-6,11H,7-10,12H2,(H,21,24). The highest BCUT2D eigenvalue weighted by Crippen LogP contribution is 2.25. The van der Waals surface area contributed by atoms with Crippen LogP contribution in [-0.2, 0) is 6.54 Å². The number of nitrogens with zero attached hydrogens (tertiary/aromatic N) is 3. The predicted molar refractivity (Wildman–Crippen MR) is 96.6 cm³/mol. The molecule has 5 nitrogen and oxygen atoms in total. The number of hydrogen-bond acceptors (Lipinski definition) is 3. The molecular formula is C17H18Cl2N4O. The van der Waals surface area contributed by atoms with Crippen LogP contribution in [0, 0.1) is 0 Å². The molecular weight excluding hydrogens is 347 g/mol. The number of rotatable bonds is 3. The second-order valence-corrected chi connectivity index (χ2v) is 6.52. The maximum atomic E-state index is 12.4. The first kappa shape index (κ1) is 17.0. The van der Waals surface area contributed by atoms with Crippen molar-refractivity contribution in [2.24, 2.45) is 0 Å². The number of benzene rings is 1. The van der Waals surface area contributed by atoms with Crippen LogP contribution in [0.4, 0.5) is 10.5 Å². The van der Waals surface area contributed by atoms with Crippen molar-refractivity contribution in [1.29, 1.82) is 0 Å². The number of anilines is 1. The van der Waals surface area contributed by atoms with Crippen LogP contribution in [0.2, 0.25) is 10.0 Å². The number of pyridine rings is 1. The summed E-state index contributed by atoms with van der Waals surface area (Å²) >= 11 is 12.0. The summed E-state index contributed by atoms with van der Waals surface area (Å²) in [5, 5.41) is 3.82. The molecule has 1 aromatic heterocycles. The molecule has 7 heteroatoms. The lowest BCUT2D eigenvalue weighted by atomic mass is 10.2. The van der Waals surface area contributed by atoms with Crippen LogP contribution in [0.3, 0.4) is 0 Å². The van der Waals surface area contributed by atoms with Crippen LogP contribution in [-0.4, -0.2) is 47.0 Å². The molecule has 1 aliphatic heterocycles. The van der Waals surface area contributed by atoms with Gasteiger partial charge in [-0.15, -0.1) is 0 Å². The van der Waals surface area contributed by atoms with Crippen molar-refractivity contribution in [3.05, 3.63) is 58.3 Å². The van der Waals surface area contributed by atoms with Gasteiger partial charge in [-0.1, -0.05) is 23.2 Å². The van der Waals surface area contributed by atoms with Crippen molar-refractivity contribution in [2.75, 3.05) is 31.5 Å². The van der Waals surface area contributed by atoms with E-state index in [1.807, 2.05) is 12.1 Å². The molecule has 0 unspecified atom stereocenters. The quantitative estimate of drug-likeness (QED) is 0.902. The lowest BCUT2D eigenvalue weighted by Gasteiger charge is -2.34. The molecule has 0 radical (unpaired) electrons. The number of nitrogens with one attached hydrogen (secondary N) is 1. The van der Waals surface area contributed by atoms with Gasteiger partial charge in [0.25, 0.3) is 0 Å². The average Bonchev–Trinajstić information content (AvgIpc) is 2.59. The normalized spacial score (nSPS) is 15.3. The van der Waals surface area contributed by atoms with Gasteiger partial charge < -0.3 is 10.2 Å². The molecule has 0 spiro atoms. The van der Waals surface area contributed by atoms with E-state index in [2.05, 4.69) is 15.2 Å². The fourth-order valence-corrected chi connectivity index (χ4v) is 3.10. The Morgan fingerprint density at radius 1 is 1.08 bits per heavy atom. The molecule has 24 heavy (non-hydrogen) atoms. The van der Waals surface area contributed by atoms with Gasteiger partial charge in [-0.05, 0) is 35.9 Å². The van der Waals surface area contributed by atoms with Crippen molar-refractivity contribution in [3.8, 4) is 0 Å². The fourth-order valence-electron chi connectivity index (χ4n) is 2.64. The van der Waals surface area contributed by atoms with E-state index in [-0.39, 0.29) is 6.03 Å². The van der Waals surface area contributed by atoms with Crippen molar-refractivity contribution >= 4 is 34.9 Å². The molecule has 0 bridgehead atoms. The van der Waals surface area contributed by atoms with Crippen LogP contribution in [0.25, 0.3) is 0 Å². The summed E-state index contributed by atoms with van der Waals surface area (Å²) in [6, 6.07) is 8.93. The lowest BCUT2D eigenvalue weighted by Crippen LogP contribution is -2.49. The minimum Gasteiger partial charge on any atom is -0.322 e. The molecule has 0 saturated carbocycles. The zero-order valence-electron chi connectivity index (χ0n) is 13.1. The van der Waals surface area contributed by atoms with Crippen LogP contribution < -0.4 is 5.32 Å². The highest BCUT2D eigenvalue weighted by atomic mass is 35.5. The first-order valence-electron chi connectivity index (χ1n) is 7.74. The molecule has 1 aromatic carbocycles. The molecule has 3 rings (SSSR count). The zero-order valence-corrected chi connectivity index (χ0v) is 14.6. The van der Waals surface area contributed by atoms with Gasteiger partial charge in [0.05, 0.1) is 10.7 Å². The Balaban J connectivity index is 1.51. The minimum absolute atomic E-state index is 0.136. The third-order valence-corrected chi connectivity index (χ3v) is 4.54. The molecule has 0 atom stereocenters. The van der Waals surface area contributed by atoms with E-state index in [0.717, 1.165) is 19.6 Å². The lowest BCUT2D eigenvalue weighted by molar-refractivity contribution is 0.143. The molecule has 2 aromatic rings. The van der Waals surface area contributed by atoms with E-state index in [4.69, 9.17) is 23.2 Å². The molecule has 2 amide bonds. The summed E-state index contributed by atoms with van der Waals surface area (Å²) < 4.78 is 0. The number of carbonyl (C=O) groups excluding carboxylic acids is 1. The van der Waals surface area contributed by atoms with Crippen LogP contribution in [0.15, 0.2) is 42.7 Å². The van der Waals surface area contributed by atoms with E-state index in [9.17, 15) is 4.79 Å². The van der Waals surface area contributed by atoms with Crippen molar-refractivity contribution in [2.45, 2.75) is 6.54 Å². The summed E-state index contributed by atoms with van der Waals surface area (Å²) in [4.78, 5) is 20.5. The van der Waals surface area contributed by atoms with Gasteiger partial charge in [-0.2, -0.15) is 0 Å². The molecule has 1 N–H and O–H groups in total. The van der Waals surface area contributed by atoms with E-state index in [0.29, 0.717) is 28.8 Å². The summed E-state index contributed by atoms with van der Waals surface area (Å²) in [5.74, 6) is 0. The summed E-state index contributed by atoms with van der Waals surface area (Å²) in [6.07, 6.45) is 3.60. The summed E-state index contributed by atoms with van der Waals surface area (Å²) in [6.45, 7) is 3.92. The maximum absolute atomic E-state index is 12.4. The summed E-state index contributed by atoms with van der Waals surface area (Å²) in [7, 11) is 0. The first-order chi connectivity index (χ1) is 11.6. The third-order valence-electron chi connectivity index (χ3n) is 3.99. The number of urea groups is 1.